The van der Waals surface area contributed by atoms with Gasteiger partial charge in [0.25, 0.3) is 0 Å². The van der Waals surface area contributed by atoms with E-state index in [0.717, 1.165) is 16.8 Å². The Morgan fingerprint density at radius 3 is 2.40 bits per heavy atom. The molecule has 30 heavy (non-hydrogen) atoms. The van der Waals surface area contributed by atoms with Gasteiger partial charge in [-0.1, -0.05) is 36.4 Å². The second kappa shape index (κ2) is 10.0. The Morgan fingerprint density at radius 1 is 0.967 bits per heavy atom. The number of methoxy groups -OCH3 is 2. The van der Waals surface area contributed by atoms with Crippen LogP contribution in [0.4, 0.5) is 17.1 Å². The Balaban J connectivity index is 1.55. The van der Waals surface area contributed by atoms with E-state index >= 15 is 0 Å². The average molecular weight is 403 g/mol. The van der Waals surface area contributed by atoms with Gasteiger partial charge in [0.2, 0.25) is 5.91 Å². The Hall–Kier alpha value is -3.93. The van der Waals surface area contributed by atoms with E-state index in [4.69, 9.17) is 15.2 Å². The second-order valence-corrected chi connectivity index (χ2v) is 6.57. The van der Waals surface area contributed by atoms with Gasteiger partial charge >= 0.3 is 0 Å². The first-order valence-corrected chi connectivity index (χ1v) is 9.47. The minimum Gasteiger partial charge on any atom is -0.493 e. The van der Waals surface area contributed by atoms with Crippen LogP contribution in [0, 0.1) is 0 Å². The van der Waals surface area contributed by atoms with E-state index in [1.165, 1.54) is 6.08 Å². The highest BCUT2D eigenvalue weighted by Gasteiger charge is 2.04. The Kier molecular flexibility index (Phi) is 6.95. The van der Waals surface area contributed by atoms with Crippen LogP contribution in [0.5, 0.6) is 11.5 Å². The molecule has 4 N–H and O–H groups in total. The van der Waals surface area contributed by atoms with Crippen molar-refractivity contribution in [3.8, 4) is 11.5 Å². The van der Waals surface area contributed by atoms with E-state index < -0.39 is 0 Å². The molecule has 3 rings (SSSR count). The van der Waals surface area contributed by atoms with Crippen LogP contribution in [0.1, 0.15) is 11.1 Å². The van der Waals surface area contributed by atoms with Gasteiger partial charge in [-0.2, -0.15) is 0 Å². The van der Waals surface area contributed by atoms with Crippen molar-refractivity contribution in [3.05, 3.63) is 83.9 Å². The average Bonchev–Trinajstić information content (AvgIpc) is 2.78. The number of benzene rings is 3. The van der Waals surface area contributed by atoms with Crippen molar-refractivity contribution >= 4 is 29.0 Å². The summed E-state index contributed by atoms with van der Waals surface area (Å²) in [5.74, 6) is 1.14. The summed E-state index contributed by atoms with van der Waals surface area (Å²) in [6.07, 6.45) is 3.25. The highest BCUT2D eigenvalue weighted by Crippen LogP contribution is 2.29. The third-order valence-corrected chi connectivity index (χ3v) is 4.51. The smallest absolute Gasteiger partial charge is 0.248 e. The van der Waals surface area contributed by atoms with Crippen LogP contribution in [0.3, 0.4) is 0 Å². The summed E-state index contributed by atoms with van der Waals surface area (Å²) in [4.78, 5) is 12.1. The number of hydrogen-bond donors (Lipinski definition) is 3. The molecule has 0 unspecified atom stereocenters. The molecule has 154 valence electrons. The molecule has 0 aliphatic rings. The first-order valence-electron chi connectivity index (χ1n) is 9.47. The zero-order chi connectivity index (χ0) is 21.3. The number of carbonyl (C=O) groups is 1. The monoisotopic (exact) mass is 403 g/mol. The summed E-state index contributed by atoms with van der Waals surface area (Å²) in [6.45, 7) is 0.660. The van der Waals surface area contributed by atoms with Crippen molar-refractivity contribution in [1.82, 2.24) is 0 Å². The fourth-order valence-electron chi connectivity index (χ4n) is 2.85. The van der Waals surface area contributed by atoms with Gasteiger partial charge in [-0.15, -0.1) is 0 Å². The van der Waals surface area contributed by atoms with E-state index in [1.807, 2.05) is 54.6 Å². The number of hydrogen-bond acceptors (Lipinski definition) is 5. The zero-order valence-electron chi connectivity index (χ0n) is 17.0. The molecular formula is C24H25N3O3. The van der Waals surface area contributed by atoms with E-state index in [0.29, 0.717) is 29.4 Å². The minimum atomic E-state index is -0.230. The number of para-hydroxylation sites is 2. The first kappa shape index (κ1) is 20.8. The van der Waals surface area contributed by atoms with Crippen molar-refractivity contribution in [1.29, 1.82) is 0 Å². The molecule has 0 spiro atoms. The standard InChI is InChI=1S/C24H25N3O3/c1-29-22-13-12-19(15-23(22)30-2)26-16-18-9-7-17(8-10-18)11-14-24(28)27-21-6-4-3-5-20(21)25/h3-15,26H,16,25H2,1-2H3,(H,27,28)/b14-11+. The normalized spacial score (nSPS) is 10.6. The first-order chi connectivity index (χ1) is 14.6. The molecule has 3 aromatic rings. The van der Waals surface area contributed by atoms with Crippen molar-refractivity contribution in [2.45, 2.75) is 6.54 Å². The van der Waals surface area contributed by atoms with Crippen LogP contribution in [0.25, 0.3) is 6.08 Å². The molecule has 3 aromatic carbocycles. The number of nitrogens with two attached hydrogens (primary N) is 1. The molecular weight excluding hydrogens is 378 g/mol. The Bertz CT molecular complexity index is 1030. The molecule has 0 radical (unpaired) electrons. The molecule has 1 amide bonds. The molecule has 0 aliphatic carbocycles. The summed E-state index contributed by atoms with van der Waals surface area (Å²) >= 11 is 0. The molecule has 6 heteroatoms. The molecule has 0 bridgehead atoms. The fraction of sp³-hybridized carbons (Fsp3) is 0.125. The van der Waals surface area contributed by atoms with Crippen LogP contribution in [0.2, 0.25) is 0 Å². The van der Waals surface area contributed by atoms with E-state index in [2.05, 4.69) is 10.6 Å². The van der Waals surface area contributed by atoms with Crippen molar-refractivity contribution in [2.24, 2.45) is 0 Å². The molecule has 0 saturated carbocycles. The highest BCUT2D eigenvalue weighted by molar-refractivity contribution is 6.03. The van der Waals surface area contributed by atoms with Gasteiger partial charge in [-0.25, -0.2) is 0 Å². The maximum absolute atomic E-state index is 12.1. The molecule has 0 aromatic heterocycles. The number of carbonyl (C=O) groups excluding carboxylic acids is 1. The summed E-state index contributed by atoms with van der Waals surface area (Å²) in [5, 5.41) is 6.13. The second-order valence-electron chi connectivity index (χ2n) is 6.57. The van der Waals surface area contributed by atoms with Gasteiger partial charge in [0.05, 0.1) is 25.6 Å². The van der Waals surface area contributed by atoms with Crippen LogP contribution in [-0.2, 0) is 11.3 Å². The number of anilines is 3. The third kappa shape index (κ3) is 5.54. The lowest BCUT2D eigenvalue weighted by atomic mass is 10.1. The van der Waals surface area contributed by atoms with Crippen LogP contribution in [-0.4, -0.2) is 20.1 Å². The van der Waals surface area contributed by atoms with Gasteiger partial charge in [0.15, 0.2) is 11.5 Å². The largest absolute Gasteiger partial charge is 0.493 e. The van der Waals surface area contributed by atoms with Crippen molar-refractivity contribution in [2.75, 3.05) is 30.6 Å². The number of nitrogens with one attached hydrogen (secondary N) is 2. The minimum absolute atomic E-state index is 0.230. The predicted molar refractivity (Wildman–Crippen MR) is 122 cm³/mol. The lowest BCUT2D eigenvalue weighted by Crippen LogP contribution is -2.09. The summed E-state index contributed by atoms with van der Waals surface area (Å²) in [6, 6.07) is 20.8. The molecule has 0 heterocycles. The number of ether oxygens (including phenoxy) is 2. The Labute approximate surface area is 176 Å². The zero-order valence-corrected chi connectivity index (χ0v) is 17.0. The van der Waals surface area contributed by atoms with Gasteiger partial charge in [0.1, 0.15) is 0 Å². The lowest BCUT2D eigenvalue weighted by molar-refractivity contribution is -0.111. The van der Waals surface area contributed by atoms with E-state index in [1.54, 1.807) is 32.4 Å². The van der Waals surface area contributed by atoms with Gasteiger partial charge in [-0.05, 0) is 41.5 Å². The van der Waals surface area contributed by atoms with Gasteiger partial charge in [-0.3, -0.25) is 4.79 Å². The highest BCUT2D eigenvalue weighted by atomic mass is 16.5. The number of nitrogen functional groups attached to an aromatic ring is 1. The van der Waals surface area contributed by atoms with E-state index in [9.17, 15) is 4.79 Å². The molecule has 0 fully saturated rings. The maximum Gasteiger partial charge on any atom is 0.248 e. The molecule has 0 atom stereocenters. The molecule has 0 saturated heterocycles. The number of rotatable bonds is 8. The third-order valence-electron chi connectivity index (χ3n) is 4.51. The van der Waals surface area contributed by atoms with Crippen LogP contribution in [0.15, 0.2) is 72.8 Å². The van der Waals surface area contributed by atoms with Crippen LogP contribution >= 0.6 is 0 Å². The topological polar surface area (TPSA) is 85.6 Å². The van der Waals surface area contributed by atoms with Crippen molar-refractivity contribution < 1.29 is 14.3 Å². The Morgan fingerprint density at radius 2 is 1.70 bits per heavy atom. The molecule has 6 nitrogen and oxygen atoms in total. The quantitative estimate of drug-likeness (QED) is 0.379. The number of amides is 1. The summed E-state index contributed by atoms with van der Waals surface area (Å²) in [5.41, 5.74) is 9.95. The lowest BCUT2D eigenvalue weighted by Gasteiger charge is -2.11. The summed E-state index contributed by atoms with van der Waals surface area (Å²) < 4.78 is 10.6. The summed E-state index contributed by atoms with van der Waals surface area (Å²) in [7, 11) is 3.23. The fourth-order valence-corrected chi connectivity index (χ4v) is 2.85. The molecule has 0 aliphatic heterocycles. The van der Waals surface area contributed by atoms with Crippen LogP contribution < -0.4 is 25.8 Å². The van der Waals surface area contributed by atoms with Gasteiger partial charge < -0.3 is 25.8 Å². The van der Waals surface area contributed by atoms with E-state index in [-0.39, 0.29) is 5.91 Å². The van der Waals surface area contributed by atoms with Gasteiger partial charge in [0, 0.05) is 24.4 Å². The predicted octanol–water partition coefficient (Wildman–Crippen LogP) is 4.55. The van der Waals surface area contributed by atoms with Crippen molar-refractivity contribution in [3.63, 3.8) is 0 Å². The maximum atomic E-state index is 12.1. The SMILES string of the molecule is COc1ccc(NCc2ccc(/C=C/C(=O)Nc3ccccc3N)cc2)cc1OC.